The molecule has 6 unspecified atom stereocenters. The molecule has 6 rings (SSSR count). The Bertz CT molecular complexity index is 1770. The van der Waals surface area contributed by atoms with Crippen molar-refractivity contribution < 1.29 is 99.2 Å². The number of fused-ring (bicyclic) bond motifs is 1. The van der Waals surface area contributed by atoms with Crippen molar-refractivity contribution in [2.24, 2.45) is 0 Å². The molecule has 0 aliphatic carbocycles. The SMILES string of the molecule is O=c1c(O[C@@H]2OC(CO[C@@H]3OC(O)[C@H](O)C(O)[C@@H]3O)[C@H](O)C(O)[C@@H]2O[C@@H]2OC(O)[C@H](O)C(O)[C@@H]2O)c(-c2ccc(O)cc2)oc2cc(O)cc(O)c12. The lowest BCUT2D eigenvalue weighted by molar-refractivity contribution is -0.382. The molecule has 3 fully saturated rings. The van der Waals surface area contributed by atoms with Gasteiger partial charge in [0.1, 0.15) is 83.2 Å². The molecule has 286 valence electrons. The van der Waals surface area contributed by atoms with Crippen LogP contribution in [0.15, 0.2) is 45.6 Å². The number of benzene rings is 2. The van der Waals surface area contributed by atoms with Crippen LogP contribution in [0.2, 0.25) is 0 Å². The number of aromatic hydroxyl groups is 3. The number of aliphatic hydroxyl groups is 10. The maximum atomic E-state index is 14.0. The summed E-state index contributed by atoms with van der Waals surface area (Å²) < 4.78 is 38.6. The molecule has 15 atom stereocenters. The average molecular weight is 745 g/mol. The van der Waals surface area contributed by atoms with E-state index in [0.717, 1.165) is 12.1 Å². The number of aliphatic hydroxyl groups excluding tert-OH is 10. The van der Waals surface area contributed by atoms with Crippen molar-refractivity contribution in [1.82, 2.24) is 0 Å². The van der Waals surface area contributed by atoms with Gasteiger partial charge < -0.3 is 99.2 Å². The van der Waals surface area contributed by atoms with E-state index in [2.05, 4.69) is 0 Å². The quantitative estimate of drug-likeness (QED) is 0.103. The number of rotatable bonds is 8. The highest BCUT2D eigenvalue weighted by molar-refractivity contribution is 5.88. The minimum Gasteiger partial charge on any atom is -0.508 e. The molecule has 0 spiro atoms. The summed E-state index contributed by atoms with van der Waals surface area (Å²) in [6.45, 7) is -0.814. The van der Waals surface area contributed by atoms with Gasteiger partial charge in [0.15, 0.2) is 37.0 Å². The first-order chi connectivity index (χ1) is 24.6. The predicted molar refractivity (Wildman–Crippen MR) is 163 cm³/mol. The molecule has 21 nitrogen and oxygen atoms in total. The molecule has 3 aliphatic heterocycles. The van der Waals surface area contributed by atoms with Crippen LogP contribution in [0, 0.1) is 0 Å². The highest BCUT2D eigenvalue weighted by atomic mass is 16.8. The second kappa shape index (κ2) is 14.9. The van der Waals surface area contributed by atoms with Gasteiger partial charge in [0.25, 0.3) is 0 Å². The monoisotopic (exact) mass is 744 g/mol. The Morgan fingerprint density at radius 3 is 1.85 bits per heavy atom. The summed E-state index contributed by atoms with van der Waals surface area (Å²) in [7, 11) is 0. The largest absolute Gasteiger partial charge is 0.508 e. The van der Waals surface area contributed by atoms with Crippen LogP contribution in [0.5, 0.6) is 23.0 Å². The Balaban J connectivity index is 1.38. The molecule has 3 saturated heterocycles. The third-order valence-electron chi connectivity index (χ3n) is 8.73. The zero-order valence-corrected chi connectivity index (χ0v) is 26.4. The average Bonchev–Trinajstić information content (AvgIpc) is 3.10. The van der Waals surface area contributed by atoms with Crippen LogP contribution >= 0.6 is 0 Å². The van der Waals surface area contributed by atoms with Crippen molar-refractivity contribution in [3.63, 3.8) is 0 Å². The Morgan fingerprint density at radius 1 is 0.615 bits per heavy atom. The molecule has 1 aromatic heterocycles. The Kier molecular flexibility index (Phi) is 10.9. The van der Waals surface area contributed by atoms with Crippen molar-refractivity contribution >= 4 is 11.0 Å². The van der Waals surface area contributed by atoms with E-state index in [1.807, 2.05) is 0 Å². The third kappa shape index (κ3) is 7.13. The van der Waals surface area contributed by atoms with E-state index in [0.29, 0.717) is 0 Å². The minimum atomic E-state index is -2.13. The van der Waals surface area contributed by atoms with Gasteiger partial charge in [-0.25, -0.2) is 0 Å². The van der Waals surface area contributed by atoms with Crippen molar-refractivity contribution in [1.29, 1.82) is 0 Å². The number of phenols is 3. The number of hydrogen-bond acceptors (Lipinski definition) is 21. The van der Waals surface area contributed by atoms with E-state index in [1.54, 1.807) is 0 Å². The van der Waals surface area contributed by atoms with Crippen LogP contribution < -0.4 is 10.2 Å². The number of hydrogen-bond donors (Lipinski definition) is 13. The molecule has 4 heterocycles. The molecule has 0 saturated carbocycles. The topological polar surface area (TPSA) is 349 Å². The summed E-state index contributed by atoms with van der Waals surface area (Å²) in [6.07, 6.45) is -29.8. The molecule has 0 radical (unpaired) electrons. The molecule has 3 aromatic rings. The van der Waals surface area contributed by atoms with Crippen LogP contribution in [0.25, 0.3) is 22.3 Å². The molecule has 2 aromatic carbocycles. The van der Waals surface area contributed by atoms with Crippen LogP contribution in [0.4, 0.5) is 0 Å². The van der Waals surface area contributed by atoms with Crippen LogP contribution in [-0.2, 0) is 23.7 Å². The summed E-state index contributed by atoms with van der Waals surface area (Å²) >= 11 is 0. The van der Waals surface area contributed by atoms with Crippen molar-refractivity contribution in [3.05, 3.63) is 46.6 Å². The molecular formula is C31H36O21. The molecule has 13 N–H and O–H groups in total. The molecular weight excluding hydrogens is 708 g/mol. The van der Waals surface area contributed by atoms with Gasteiger partial charge in [0.2, 0.25) is 17.5 Å². The third-order valence-corrected chi connectivity index (χ3v) is 8.73. The van der Waals surface area contributed by atoms with Gasteiger partial charge in [-0.1, -0.05) is 0 Å². The molecule has 0 amide bonds. The fraction of sp³-hybridized carbons (Fsp3) is 0.516. The Hall–Kier alpha value is -3.75. The van der Waals surface area contributed by atoms with Gasteiger partial charge in [-0.2, -0.15) is 0 Å². The zero-order valence-electron chi connectivity index (χ0n) is 26.4. The van der Waals surface area contributed by atoms with Crippen LogP contribution in [-0.4, -0.2) is 165 Å². The maximum Gasteiger partial charge on any atom is 0.239 e. The van der Waals surface area contributed by atoms with Crippen molar-refractivity contribution in [2.45, 2.75) is 92.5 Å². The van der Waals surface area contributed by atoms with Crippen molar-refractivity contribution in [2.75, 3.05) is 6.61 Å². The fourth-order valence-electron chi connectivity index (χ4n) is 5.83. The lowest BCUT2D eigenvalue weighted by Gasteiger charge is -2.45. The van der Waals surface area contributed by atoms with Crippen LogP contribution in [0.1, 0.15) is 0 Å². The predicted octanol–water partition coefficient (Wildman–Crippen LogP) is -4.68. The smallest absolute Gasteiger partial charge is 0.239 e. The first-order valence-electron chi connectivity index (χ1n) is 15.6. The first-order valence-corrected chi connectivity index (χ1v) is 15.6. The lowest BCUT2D eigenvalue weighted by atomic mass is 9.98. The summed E-state index contributed by atoms with van der Waals surface area (Å²) in [6, 6.07) is 6.90. The number of ether oxygens (including phenoxy) is 6. The second-order valence-corrected chi connectivity index (χ2v) is 12.3. The highest BCUT2D eigenvalue weighted by Gasteiger charge is 2.52. The Morgan fingerprint density at radius 2 is 1.21 bits per heavy atom. The lowest BCUT2D eigenvalue weighted by Crippen LogP contribution is -2.65. The van der Waals surface area contributed by atoms with Gasteiger partial charge >= 0.3 is 0 Å². The molecule has 0 bridgehead atoms. The zero-order chi connectivity index (χ0) is 37.8. The number of phenolic OH excluding ortho intramolecular Hbond substituents is 3. The van der Waals surface area contributed by atoms with Gasteiger partial charge in [0.05, 0.1) is 6.61 Å². The van der Waals surface area contributed by atoms with Gasteiger partial charge in [-0.15, -0.1) is 0 Å². The molecule has 3 aliphatic rings. The molecule has 21 heteroatoms. The molecule has 52 heavy (non-hydrogen) atoms. The van der Waals surface area contributed by atoms with Gasteiger partial charge in [-0.05, 0) is 24.3 Å². The van der Waals surface area contributed by atoms with Gasteiger partial charge in [0, 0.05) is 17.7 Å². The summed E-state index contributed by atoms with van der Waals surface area (Å²) in [5.41, 5.74) is -1.32. The van der Waals surface area contributed by atoms with E-state index >= 15 is 0 Å². The van der Waals surface area contributed by atoms with E-state index in [9.17, 15) is 71.2 Å². The van der Waals surface area contributed by atoms with E-state index < -0.39 is 127 Å². The first kappa shape index (κ1) is 38.0. The van der Waals surface area contributed by atoms with Gasteiger partial charge in [-0.3, -0.25) is 4.79 Å². The normalized spacial score (nSPS) is 38.3. The highest BCUT2D eigenvalue weighted by Crippen LogP contribution is 2.38. The second-order valence-electron chi connectivity index (χ2n) is 12.3. The fourth-order valence-corrected chi connectivity index (χ4v) is 5.83. The standard InChI is InChI=1S/C31H36O21/c32-9-3-1-8(2-4-9)24-25(16(36)14-11(34)5-10(33)6-12(14)47-24)49-31-26(50-30-23(43)18(38)21(41)28(45)52-30)19(39)15(35)13(48-31)7-46-29-22(42)17(37)20(40)27(44)51-29/h1-6,13,15,17-23,26-35,37-45H,7H2/t13?,15-,17?,18?,19?,20+,21+,22-,23-,26-,27?,28?,29+,30+,31-/m0/s1. The van der Waals surface area contributed by atoms with E-state index in [-0.39, 0.29) is 22.7 Å². The minimum absolute atomic E-state index is 0.0809. The van der Waals surface area contributed by atoms with E-state index in [4.69, 9.17) is 32.8 Å². The maximum absolute atomic E-state index is 14.0. The summed E-state index contributed by atoms with van der Waals surface area (Å²) in [5.74, 6) is -2.54. The van der Waals surface area contributed by atoms with Crippen molar-refractivity contribution in [3.8, 4) is 34.3 Å². The summed E-state index contributed by atoms with van der Waals surface area (Å²) in [5, 5.41) is 133. The summed E-state index contributed by atoms with van der Waals surface area (Å²) in [4.78, 5) is 14.0. The van der Waals surface area contributed by atoms with E-state index in [1.165, 1.54) is 24.3 Å². The van der Waals surface area contributed by atoms with Crippen LogP contribution in [0.3, 0.4) is 0 Å². The Labute approximate surface area is 290 Å².